The topological polar surface area (TPSA) is 23.5 Å². The second-order valence-corrected chi connectivity index (χ2v) is 5.36. The van der Waals surface area contributed by atoms with E-state index >= 15 is 0 Å². The van der Waals surface area contributed by atoms with Gasteiger partial charge in [-0.3, -0.25) is 0 Å². The van der Waals surface area contributed by atoms with E-state index in [0.717, 1.165) is 5.56 Å². The minimum Gasteiger partial charge on any atom is -0.389 e. The fourth-order valence-corrected chi connectivity index (χ4v) is 2.08. The molecule has 0 aliphatic rings. The van der Waals surface area contributed by atoms with Crippen LogP contribution >= 0.6 is 0 Å². The highest BCUT2D eigenvalue weighted by Gasteiger charge is 2.11. The second kappa shape index (κ2) is 6.06. The average Bonchev–Trinajstić information content (AvgIpc) is 2.27. The smallest absolute Gasteiger partial charge is 0.0761 e. The molecule has 2 atom stereocenters. The maximum absolute atomic E-state index is 9.47. The van der Waals surface area contributed by atoms with E-state index in [9.17, 15) is 5.11 Å². The lowest BCUT2D eigenvalue weighted by molar-refractivity contribution is 0.199. The van der Waals surface area contributed by atoms with E-state index in [2.05, 4.69) is 44.9 Å². The van der Waals surface area contributed by atoms with Gasteiger partial charge in [-0.2, -0.15) is 0 Å². The molecule has 0 aliphatic heterocycles. The van der Waals surface area contributed by atoms with Crippen LogP contribution in [0.1, 0.15) is 45.8 Å². The highest BCUT2D eigenvalue weighted by Crippen LogP contribution is 2.21. The zero-order valence-corrected chi connectivity index (χ0v) is 11.6. The molecule has 0 heterocycles. The highest BCUT2D eigenvalue weighted by molar-refractivity contribution is 5.47. The Morgan fingerprint density at radius 2 is 1.59 bits per heavy atom. The molecule has 96 valence electrons. The van der Waals surface area contributed by atoms with Gasteiger partial charge < -0.3 is 10.0 Å². The number of aliphatic hydroxyl groups is 1. The molecule has 0 radical (unpaired) electrons. The van der Waals surface area contributed by atoms with Crippen LogP contribution in [0.15, 0.2) is 24.3 Å². The van der Waals surface area contributed by atoms with E-state index in [0.29, 0.717) is 12.0 Å². The van der Waals surface area contributed by atoms with Crippen molar-refractivity contribution in [3.63, 3.8) is 0 Å². The molecule has 2 nitrogen and oxygen atoms in total. The molecule has 0 saturated carbocycles. The van der Waals surface area contributed by atoms with E-state index < -0.39 is 0 Å². The van der Waals surface area contributed by atoms with Crippen LogP contribution in [0.2, 0.25) is 0 Å². The number of rotatable bonds is 5. The molecular formula is C15H25NO. The van der Waals surface area contributed by atoms with Gasteiger partial charge in [0, 0.05) is 18.8 Å². The summed E-state index contributed by atoms with van der Waals surface area (Å²) in [5.74, 6) is 0.712. The molecule has 0 bridgehead atoms. The predicted molar refractivity (Wildman–Crippen MR) is 74.4 cm³/mol. The number of aliphatic hydroxyl groups excluding tert-OH is 1. The molecule has 0 spiro atoms. The fraction of sp³-hybridized carbons (Fsp3) is 0.600. The summed E-state index contributed by atoms with van der Waals surface area (Å²) in [6, 6.07) is 8.70. The van der Waals surface area contributed by atoms with Crippen molar-refractivity contribution in [2.24, 2.45) is 5.92 Å². The van der Waals surface area contributed by atoms with Gasteiger partial charge in [0.1, 0.15) is 0 Å². The van der Waals surface area contributed by atoms with Gasteiger partial charge in [-0.25, -0.2) is 0 Å². The molecule has 0 amide bonds. The first-order chi connectivity index (χ1) is 7.91. The van der Waals surface area contributed by atoms with Gasteiger partial charge in [-0.1, -0.05) is 26.0 Å². The van der Waals surface area contributed by atoms with E-state index in [1.54, 1.807) is 6.92 Å². The number of benzene rings is 1. The molecule has 0 aromatic heterocycles. The first-order valence-electron chi connectivity index (χ1n) is 6.42. The average molecular weight is 235 g/mol. The zero-order chi connectivity index (χ0) is 13.0. The first-order valence-corrected chi connectivity index (χ1v) is 6.42. The Morgan fingerprint density at radius 3 is 2.00 bits per heavy atom. The van der Waals surface area contributed by atoms with Crippen LogP contribution in [0.5, 0.6) is 0 Å². The van der Waals surface area contributed by atoms with Gasteiger partial charge >= 0.3 is 0 Å². The van der Waals surface area contributed by atoms with Crippen LogP contribution in [-0.4, -0.2) is 18.2 Å². The van der Waals surface area contributed by atoms with Crippen LogP contribution in [0.3, 0.4) is 0 Å². The Hall–Kier alpha value is -1.02. The van der Waals surface area contributed by atoms with Crippen molar-refractivity contribution in [1.82, 2.24) is 0 Å². The van der Waals surface area contributed by atoms with Crippen LogP contribution in [0, 0.1) is 5.92 Å². The van der Waals surface area contributed by atoms with E-state index in [4.69, 9.17) is 0 Å². The van der Waals surface area contributed by atoms with Crippen molar-refractivity contribution in [1.29, 1.82) is 0 Å². The monoisotopic (exact) mass is 235 g/mol. The normalized spacial score (nSPS) is 14.8. The van der Waals surface area contributed by atoms with Gasteiger partial charge in [-0.15, -0.1) is 0 Å². The maximum Gasteiger partial charge on any atom is 0.0761 e. The Kier molecular flexibility index (Phi) is 5.01. The molecule has 17 heavy (non-hydrogen) atoms. The molecular weight excluding hydrogens is 210 g/mol. The Balaban J connectivity index is 2.72. The first kappa shape index (κ1) is 14.0. The van der Waals surface area contributed by atoms with Crippen LogP contribution < -0.4 is 4.90 Å². The summed E-state index contributed by atoms with van der Waals surface area (Å²) in [5, 5.41) is 9.47. The summed E-state index contributed by atoms with van der Waals surface area (Å²) in [6.45, 7) is 8.55. The summed E-state index contributed by atoms with van der Waals surface area (Å²) in [6.07, 6.45) is 0.803. The van der Waals surface area contributed by atoms with Gasteiger partial charge in [-0.05, 0) is 43.9 Å². The lowest BCUT2D eigenvalue weighted by Crippen LogP contribution is -2.29. The van der Waals surface area contributed by atoms with Crippen molar-refractivity contribution in [2.75, 3.05) is 11.9 Å². The van der Waals surface area contributed by atoms with Crippen LogP contribution in [0.4, 0.5) is 5.69 Å². The molecule has 1 N–H and O–H groups in total. The van der Waals surface area contributed by atoms with Gasteiger partial charge in [0.05, 0.1) is 6.10 Å². The van der Waals surface area contributed by atoms with Crippen molar-refractivity contribution < 1.29 is 5.11 Å². The predicted octanol–water partition coefficient (Wildman–Crippen LogP) is 3.61. The van der Waals surface area contributed by atoms with Crippen LogP contribution in [0.25, 0.3) is 0 Å². The minimum absolute atomic E-state index is 0.387. The molecule has 0 saturated heterocycles. The number of anilines is 1. The third kappa shape index (κ3) is 4.04. The van der Waals surface area contributed by atoms with Gasteiger partial charge in [0.25, 0.3) is 0 Å². The molecule has 0 fully saturated rings. The van der Waals surface area contributed by atoms with Crippen molar-refractivity contribution in [3.05, 3.63) is 29.8 Å². The number of hydrogen-bond acceptors (Lipinski definition) is 2. The maximum atomic E-state index is 9.47. The molecule has 1 unspecified atom stereocenters. The molecule has 1 aromatic carbocycles. The lowest BCUT2D eigenvalue weighted by atomic mass is 10.0. The number of hydrogen-bond donors (Lipinski definition) is 1. The van der Waals surface area contributed by atoms with E-state index in [-0.39, 0.29) is 6.10 Å². The molecule has 2 heteroatoms. The molecule has 1 rings (SSSR count). The summed E-state index contributed by atoms with van der Waals surface area (Å²) in [7, 11) is 2.13. The Bertz CT molecular complexity index is 329. The Morgan fingerprint density at radius 1 is 1.06 bits per heavy atom. The SMILES string of the molecule is CC(C)CC(C)N(C)c1ccc([C@H](C)O)cc1. The summed E-state index contributed by atoms with van der Waals surface area (Å²) in [4.78, 5) is 2.30. The van der Waals surface area contributed by atoms with E-state index in [1.807, 2.05) is 12.1 Å². The standard InChI is InChI=1S/C15H25NO/c1-11(2)10-12(3)16(5)15-8-6-14(7-9-15)13(4)17/h6-9,11-13,17H,10H2,1-5H3/t12?,13-/m0/s1. The summed E-state index contributed by atoms with van der Waals surface area (Å²) in [5.41, 5.74) is 2.18. The van der Waals surface area contributed by atoms with Crippen molar-refractivity contribution in [2.45, 2.75) is 46.3 Å². The Labute approximate surface area is 105 Å². The highest BCUT2D eigenvalue weighted by atomic mass is 16.3. The molecule has 1 aromatic rings. The number of nitrogens with zero attached hydrogens (tertiary/aromatic N) is 1. The lowest BCUT2D eigenvalue weighted by Gasteiger charge is -2.28. The van der Waals surface area contributed by atoms with Crippen molar-refractivity contribution in [3.8, 4) is 0 Å². The van der Waals surface area contributed by atoms with Crippen LogP contribution in [-0.2, 0) is 0 Å². The quantitative estimate of drug-likeness (QED) is 0.842. The largest absolute Gasteiger partial charge is 0.389 e. The third-order valence-corrected chi connectivity index (χ3v) is 3.26. The van der Waals surface area contributed by atoms with Gasteiger partial charge in [0.15, 0.2) is 0 Å². The second-order valence-electron chi connectivity index (χ2n) is 5.36. The zero-order valence-electron chi connectivity index (χ0n) is 11.6. The third-order valence-electron chi connectivity index (χ3n) is 3.26. The van der Waals surface area contributed by atoms with Gasteiger partial charge in [0.2, 0.25) is 0 Å². The minimum atomic E-state index is -0.387. The summed E-state index contributed by atoms with van der Waals surface area (Å²) >= 11 is 0. The summed E-state index contributed by atoms with van der Waals surface area (Å²) < 4.78 is 0. The van der Waals surface area contributed by atoms with Crippen molar-refractivity contribution >= 4 is 5.69 Å². The fourth-order valence-electron chi connectivity index (χ4n) is 2.08. The molecule has 0 aliphatic carbocycles. The van der Waals surface area contributed by atoms with E-state index in [1.165, 1.54) is 12.1 Å².